The number of aliphatic carboxylic acids is 1. The Morgan fingerprint density at radius 1 is 1.13 bits per heavy atom. The number of nitrogens with zero attached hydrogens (tertiary/aromatic N) is 8. The Morgan fingerprint density at radius 2 is 1.87 bits per heavy atom. The van der Waals surface area contributed by atoms with E-state index in [4.69, 9.17) is 9.47 Å². The summed E-state index contributed by atoms with van der Waals surface area (Å²) in [4.78, 5) is 48.0. The number of carbonyl (C=O) groups excluding carboxylic acids is 2. The number of nitriles is 1. The minimum Gasteiger partial charge on any atom is -0.479 e. The summed E-state index contributed by atoms with van der Waals surface area (Å²) in [6, 6.07) is 9.72. The summed E-state index contributed by atoms with van der Waals surface area (Å²) in [5, 5.41) is 56.3. The van der Waals surface area contributed by atoms with Gasteiger partial charge in [0.2, 0.25) is 16.3 Å². The molecule has 0 saturated carbocycles. The quantitative estimate of drug-likeness (QED) is 0.144. The Morgan fingerprint density at radius 3 is 2.57 bits per heavy atom. The van der Waals surface area contributed by atoms with E-state index in [1.54, 1.807) is 48.3 Å². The summed E-state index contributed by atoms with van der Waals surface area (Å²) in [7, 11) is -1.91. The molecule has 2 fully saturated rings. The molecule has 2 amide bonds. The zero-order valence-corrected chi connectivity index (χ0v) is 29.1. The lowest BCUT2D eigenvalue weighted by Crippen LogP contribution is -2.64. The van der Waals surface area contributed by atoms with Gasteiger partial charge in [-0.3, -0.25) is 14.6 Å². The van der Waals surface area contributed by atoms with Gasteiger partial charge in [-0.05, 0) is 24.6 Å². The van der Waals surface area contributed by atoms with Crippen LogP contribution in [0.2, 0.25) is 0 Å². The number of ether oxygens (including phenoxy) is 2. The molecule has 3 aromatic heterocycles. The van der Waals surface area contributed by atoms with Crippen LogP contribution in [0.5, 0.6) is 0 Å². The van der Waals surface area contributed by atoms with Crippen LogP contribution in [0.1, 0.15) is 18.9 Å². The highest BCUT2D eigenvalue weighted by Gasteiger charge is 2.50. The van der Waals surface area contributed by atoms with Crippen LogP contribution in [0, 0.1) is 11.3 Å². The Hall–Kier alpha value is -5.50. The first kappa shape index (κ1) is 37.3. The van der Waals surface area contributed by atoms with Crippen LogP contribution in [0.15, 0.2) is 55.2 Å². The molecule has 0 spiro atoms. The normalized spacial score (nSPS) is 22.8. The highest BCUT2D eigenvalue weighted by atomic mass is 32.2. The summed E-state index contributed by atoms with van der Waals surface area (Å²) in [6.07, 6.45) is -4.83. The predicted octanol–water partition coefficient (Wildman–Crippen LogP) is 0.110. The van der Waals surface area contributed by atoms with Gasteiger partial charge in [-0.15, -0.1) is 0 Å². The number of benzene rings is 1. The van der Waals surface area contributed by atoms with E-state index in [1.807, 2.05) is 0 Å². The van der Waals surface area contributed by atoms with Crippen molar-refractivity contribution in [3.63, 3.8) is 0 Å². The summed E-state index contributed by atoms with van der Waals surface area (Å²) in [5.74, 6) is -1.69. The number of carboxylic acids is 1. The van der Waals surface area contributed by atoms with Crippen molar-refractivity contribution in [3.8, 4) is 17.3 Å². The molecule has 1 aromatic carbocycles. The number of nitrogens with one attached hydrogen (secondary N) is 1. The monoisotopic (exact) mass is 753 g/mol. The minimum atomic E-state index is -3.43. The molecule has 5 atom stereocenters. The Labute approximate surface area is 301 Å². The Balaban J connectivity index is 1.16. The van der Waals surface area contributed by atoms with Crippen LogP contribution in [-0.4, -0.2) is 137 Å². The fraction of sp³-hybridized carbons (Fsp3) is 0.406. The zero-order chi connectivity index (χ0) is 38.2. The topological polar surface area (TPSA) is 276 Å². The molecule has 2 saturated heterocycles. The van der Waals surface area contributed by atoms with Gasteiger partial charge in [-0.2, -0.15) is 14.7 Å². The van der Waals surface area contributed by atoms with E-state index in [1.165, 1.54) is 39.4 Å². The number of rotatable bonds is 10. The van der Waals surface area contributed by atoms with E-state index in [0.29, 0.717) is 22.2 Å². The van der Waals surface area contributed by atoms with Gasteiger partial charge < -0.3 is 34.8 Å². The second kappa shape index (κ2) is 14.5. The number of fused-ring (bicyclic) bond motifs is 1. The largest absolute Gasteiger partial charge is 0.479 e. The highest BCUT2D eigenvalue weighted by molar-refractivity contribution is 7.89. The van der Waals surface area contributed by atoms with Gasteiger partial charge in [0.05, 0.1) is 30.1 Å². The SMILES string of the molecule is CCS(=O)(=O)N1CC(CC#N)(n2cc(-c3ncnc4c3ccn4C(=O)N(C)Cc3ccccc3NC(=O)O[C@@H]3O[C@H](C(=O)O)[C@@H](O)[C@H](O)[C@H]3O)cn2)C1. The summed E-state index contributed by atoms with van der Waals surface area (Å²) in [6.45, 7) is 1.74. The number of para-hydroxylation sites is 1. The lowest BCUT2D eigenvalue weighted by molar-refractivity contribution is -0.277. The van der Waals surface area contributed by atoms with Gasteiger partial charge in [-0.25, -0.2) is 32.8 Å². The predicted molar refractivity (Wildman–Crippen MR) is 181 cm³/mol. The molecule has 5 heterocycles. The smallest absolute Gasteiger partial charge is 0.414 e. The van der Waals surface area contributed by atoms with E-state index in [-0.39, 0.29) is 43.1 Å². The van der Waals surface area contributed by atoms with Crippen molar-refractivity contribution in [2.75, 3.05) is 31.2 Å². The van der Waals surface area contributed by atoms with Crippen molar-refractivity contribution in [1.82, 2.24) is 33.5 Å². The van der Waals surface area contributed by atoms with E-state index >= 15 is 0 Å². The van der Waals surface area contributed by atoms with Crippen LogP contribution in [0.25, 0.3) is 22.3 Å². The van der Waals surface area contributed by atoms with Crippen LogP contribution in [0.3, 0.4) is 0 Å². The number of aliphatic hydroxyl groups excluding tert-OH is 3. The lowest BCUT2D eigenvalue weighted by Gasteiger charge is -2.47. The van der Waals surface area contributed by atoms with Crippen LogP contribution in [-0.2, 0) is 36.4 Å². The fourth-order valence-corrected chi connectivity index (χ4v) is 7.44. The molecule has 0 aliphatic carbocycles. The minimum absolute atomic E-state index is 0.0278. The van der Waals surface area contributed by atoms with E-state index < -0.39 is 64.4 Å². The third kappa shape index (κ3) is 7.02. The molecule has 5 N–H and O–H groups in total. The summed E-state index contributed by atoms with van der Waals surface area (Å²) < 4.78 is 39.0. The summed E-state index contributed by atoms with van der Waals surface area (Å²) in [5.41, 5.74) is 1.12. The van der Waals surface area contributed by atoms with E-state index in [2.05, 4.69) is 26.5 Å². The number of aromatic nitrogens is 5. The van der Waals surface area contributed by atoms with Crippen molar-refractivity contribution in [1.29, 1.82) is 5.26 Å². The first-order valence-corrected chi connectivity index (χ1v) is 17.8. The average molecular weight is 754 g/mol. The van der Waals surface area contributed by atoms with Crippen molar-refractivity contribution >= 4 is 44.8 Å². The van der Waals surface area contributed by atoms with Gasteiger partial charge >= 0.3 is 18.1 Å². The van der Waals surface area contributed by atoms with E-state index in [0.717, 1.165) is 0 Å². The van der Waals surface area contributed by atoms with E-state index in [9.17, 15) is 48.5 Å². The number of carbonyl (C=O) groups is 3. The molecule has 2 aliphatic rings. The molecule has 0 unspecified atom stereocenters. The molecular formula is C32H35N9O11S. The second-order valence-corrected chi connectivity index (χ2v) is 14.9. The summed E-state index contributed by atoms with van der Waals surface area (Å²) >= 11 is 0. The van der Waals surface area contributed by atoms with Crippen LogP contribution >= 0.6 is 0 Å². The number of hydrogen-bond donors (Lipinski definition) is 5. The maximum Gasteiger partial charge on any atom is 0.414 e. The molecule has 4 aromatic rings. The average Bonchev–Trinajstić information content (AvgIpc) is 3.78. The lowest BCUT2D eigenvalue weighted by atomic mass is 9.89. The number of hydrogen-bond acceptors (Lipinski definition) is 14. The first-order chi connectivity index (χ1) is 25.2. The van der Waals surface area contributed by atoms with Crippen molar-refractivity contribution in [2.45, 2.75) is 56.1 Å². The van der Waals surface area contributed by atoms with Gasteiger partial charge in [-0.1, -0.05) is 18.2 Å². The molecule has 21 heteroatoms. The second-order valence-electron chi connectivity index (χ2n) is 12.6. The number of amides is 2. The number of anilines is 1. The third-order valence-corrected chi connectivity index (χ3v) is 10.9. The molecule has 0 radical (unpaired) electrons. The molecule has 0 bridgehead atoms. The van der Waals surface area contributed by atoms with Gasteiger partial charge in [0.15, 0.2) is 11.8 Å². The zero-order valence-electron chi connectivity index (χ0n) is 28.3. The van der Waals surface area contributed by atoms with Gasteiger partial charge in [0, 0.05) is 55.7 Å². The maximum absolute atomic E-state index is 13.7. The molecule has 53 heavy (non-hydrogen) atoms. The number of aliphatic hydroxyl groups is 3. The van der Waals surface area contributed by atoms with Gasteiger partial charge in [0.25, 0.3) is 0 Å². The third-order valence-electron chi connectivity index (χ3n) is 9.16. The van der Waals surface area contributed by atoms with Gasteiger partial charge in [0.1, 0.15) is 30.2 Å². The number of carboxylic acid groups (broad SMARTS) is 1. The van der Waals surface area contributed by atoms with Crippen molar-refractivity contribution in [3.05, 3.63) is 60.8 Å². The standard InChI is InChI=1S/C32H35N9O11S/c1-3-53(49,50)39-15-32(16-39,9-10-33)41-14-19(12-36-41)22-20-8-11-40(27(20)35-17-34-22)31(48)38(2)13-18-6-4-5-7-21(18)37-30(47)52-29-25(44)23(42)24(43)26(51-29)28(45)46/h4-8,11-12,14,17,23-26,29,42-44H,3,9,13,15-16H2,1-2H3,(H,37,47)(H,45,46)/t23-,24-,25+,26-,29-/m0/s1. The Kier molecular flexibility index (Phi) is 10.2. The van der Waals surface area contributed by atoms with Crippen molar-refractivity contribution < 1.29 is 52.7 Å². The van der Waals surface area contributed by atoms with Crippen LogP contribution in [0.4, 0.5) is 15.3 Å². The molecular weight excluding hydrogens is 718 g/mol. The molecule has 20 nitrogen and oxygen atoms in total. The molecule has 2 aliphatic heterocycles. The van der Waals surface area contributed by atoms with Crippen molar-refractivity contribution in [2.24, 2.45) is 0 Å². The number of sulfonamides is 1. The Bertz CT molecular complexity index is 2190. The fourth-order valence-electron chi connectivity index (χ4n) is 6.20. The first-order valence-electron chi connectivity index (χ1n) is 16.2. The highest BCUT2D eigenvalue weighted by Crippen LogP contribution is 2.36. The maximum atomic E-state index is 13.7. The molecule has 6 rings (SSSR count). The van der Waals surface area contributed by atoms with Crippen LogP contribution < -0.4 is 5.32 Å². The molecule has 280 valence electrons.